The summed E-state index contributed by atoms with van der Waals surface area (Å²) in [5.74, 6) is 0.178. The molecule has 100 valence electrons. The number of anilines is 1. The van der Waals surface area contributed by atoms with Crippen molar-refractivity contribution in [2.24, 2.45) is 0 Å². The summed E-state index contributed by atoms with van der Waals surface area (Å²) in [6, 6.07) is 7.12. The number of ketones is 1. The fourth-order valence-electron chi connectivity index (χ4n) is 2.13. The van der Waals surface area contributed by atoms with E-state index in [9.17, 15) is 4.79 Å². The van der Waals surface area contributed by atoms with Gasteiger partial charge in [-0.05, 0) is 57.1 Å². The van der Waals surface area contributed by atoms with Crippen LogP contribution < -0.4 is 5.73 Å². The number of rotatable bonds is 7. The molecule has 0 aliphatic heterocycles. The van der Waals surface area contributed by atoms with Crippen molar-refractivity contribution in [2.75, 3.05) is 18.8 Å². The Morgan fingerprint density at radius 1 is 1.17 bits per heavy atom. The number of nitrogens with two attached hydrogens (primary N) is 1. The fourth-order valence-corrected chi connectivity index (χ4v) is 2.13. The third kappa shape index (κ3) is 3.84. The highest BCUT2D eigenvalue weighted by Gasteiger charge is 2.21. The van der Waals surface area contributed by atoms with E-state index in [2.05, 4.69) is 18.7 Å². The highest BCUT2D eigenvalue weighted by atomic mass is 16.1. The summed E-state index contributed by atoms with van der Waals surface area (Å²) in [6.07, 6.45) is 2.14. The van der Waals surface area contributed by atoms with Gasteiger partial charge in [0.15, 0.2) is 5.78 Å². The van der Waals surface area contributed by atoms with Gasteiger partial charge in [0.2, 0.25) is 0 Å². The third-order valence-corrected chi connectivity index (χ3v) is 3.14. The lowest BCUT2D eigenvalue weighted by Gasteiger charge is -2.27. The van der Waals surface area contributed by atoms with Crippen LogP contribution in [-0.4, -0.2) is 29.8 Å². The summed E-state index contributed by atoms with van der Waals surface area (Å²) < 4.78 is 0. The first kappa shape index (κ1) is 14.7. The Balaban J connectivity index is 2.77. The SMILES string of the molecule is CCCN(CCC)C(C)C(=O)c1ccc(N)cc1. The second-order valence-corrected chi connectivity index (χ2v) is 4.70. The molecule has 0 saturated carbocycles. The fraction of sp³-hybridized carbons (Fsp3) is 0.533. The van der Waals surface area contributed by atoms with Crippen molar-refractivity contribution in [3.8, 4) is 0 Å². The van der Waals surface area contributed by atoms with E-state index in [0.29, 0.717) is 5.69 Å². The van der Waals surface area contributed by atoms with Crippen LogP contribution in [0, 0.1) is 0 Å². The maximum Gasteiger partial charge on any atom is 0.179 e. The molecule has 0 amide bonds. The van der Waals surface area contributed by atoms with Crippen LogP contribution >= 0.6 is 0 Å². The van der Waals surface area contributed by atoms with Gasteiger partial charge < -0.3 is 5.73 Å². The number of benzene rings is 1. The van der Waals surface area contributed by atoms with Crippen molar-refractivity contribution < 1.29 is 4.79 Å². The maximum atomic E-state index is 12.4. The molecule has 3 nitrogen and oxygen atoms in total. The average Bonchev–Trinajstić information content (AvgIpc) is 2.38. The number of hydrogen-bond donors (Lipinski definition) is 1. The van der Waals surface area contributed by atoms with Gasteiger partial charge in [-0.15, -0.1) is 0 Å². The molecule has 0 radical (unpaired) electrons. The predicted molar refractivity (Wildman–Crippen MR) is 76.8 cm³/mol. The first-order valence-electron chi connectivity index (χ1n) is 6.74. The lowest BCUT2D eigenvalue weighted by molar-refractivity contribution is 0.0838. The van der Waals surface area contributed by atoms with Crippen LogP contribution in [0.15, 0.2) is 24.3 Å². The van der Waals surface area contributed by atoms with Gasteiger partial charge in [-0.2, -0.15) is 0 Å². The van der Waals surface area contributed by atoms with E-state index in [1.54, 1.807) is 12.1 Å². The van der Waals surface area contributed by atoms with Crippen molar-refractivity contribution in [1.82, 2.24) is 4.90 Å². The molecule has 2 N–H and O–H groups in total. The van der Waals surface area contributed by atoms with Gasteiger partial charge in [0, 0.05) is 11.3 Å². The van der Waals surface area contributed by atoms with Crippen LogP contribution in [0.3, 0.4) is 0 Å². The topological polar surface area (TPSA) is 46.3 Å². The van der Waals surface area contributed by atoms with E-state index < -0.39 is 0 Å². The number of Topliss-reactive ketones (excluding diaryl/α,β-unsaturated/α-hetero) is 1. The number of hydrogen-bond acceptors (Lipinski definition) is 3. The van der Waals surface area contributed by atoms with Gasteiger partial charge in [-0.1, -0.05) is 13.8 Å². The zero-order valence-electron chi connectivity index (χ0n) is 11.6. The van der Waals surface area contributed by atoms with Crippen molar-refractivity contribution in [3.05, 3.63) is 29.8 Å². The molecule has 1 aromatic carbocycles. The summed E-state index contributed by atoms with van der Waals surface area (Å²) in [4.78, 5) is 14.6. The summed E-state index contributed by atoms with van der Waals surface area (Å²) in [5.41, 5.74) is 7.07. The molecule has 3 heteroatoms. The standard InChI is InChI=1S/C15H24N2O/c1-4-10-17(11-5-2)12(3)15(18)13-6-8-14(16)9-7-13/h6-9,12H,4-5,10-11,16H2,1-3H3. The van der Waals surface area contributed by atoms with Gasteiger partial charge in [0.05, 0.1) is 6.04 Å². The Kier molecular flexibility index (Phi) is 5.86. The molecule has 0 spiro atoms. The molecule has 0 aromatic heterocycles. The lowest BCUT2D eigenvalue weighted by atomic mass is 10.0. The Bertz CT molecular complexity index is 367. The number of carbonyl (C=O) groups is 1. The van der Waals surface area contributed by atoms with Gasteiger partial charge >= 0.3 is 0 Å². The second-order valence-electron chi connectivity index (χ2n) is 4.70. The lowest BCUT2D eigenvalue weighted by Crippen LogP contribution is -2.40. The van der Waals surface area contributed by atoms with E-state index in [1.807, 2.05) is 19.1 Å². The monoisotopic (exact) mass is 248 g/mol. The predicted octanol–water partition coefficient (Wildman–Crippen LogP) is 2.96. The number of nitrogens with zero attached hydrogens (tertiary/aromatic N) is 1. The van der Waals surface area contributed by atoms with Crippen LogP contribution in [0.4, 0.5) is 5.69 Å². The molecule has 1 unspecified atom stereocenters. The number of carbonyl (C=O) groups excluding carboxylic acids is 1. The molecule has 0 aliphatic carbocycles. The second kappa shape index (κ2) is 7.17. The molecular weight excluding hydrogens is 224 g/mol. The van der Waals surface area contributed by atoms with Crippen LogP contribution in [0.5, 0.6) is 0 Å². The van der Waals surface area contributed by atoms with E-state index >= 15 is 0 Å². The zero-order valence-corrected chi connectivity index (χ0v) is 11.6. The molecule has 1 rings (SSSR count). The van der Waals surface area contributed by atoms with Crippen molar-refractivity contribution in [1.29, 1.82) is 0 Å². The smallest absolute Gasteiger partial charge is 0.179 e. The van der Waals surface area contributed by atoms with Crippen LogP contribution in [-0.2, 0) is 0 Å². The Labute approximate surface area is 110 Å². The molecule has 0 fully saturated rings. The number of nitrogen functional groups attached to an aromatic ring is 1. The zero-order chi connectivity index (χ0) is 13.5. The molecule has 1 atom stereocenters. The highest BCUT2D eigenvalue weighted by molar-refractivity contribution is 6.00. The molecule has 0 aliphatic rings. The van der Waals surface area contributed by atoms with Crippen LogP contribution in [0.2, 0.25) is 0 Å². The van der Waals surface area contributed by atoms with Gasteiger partial charge in [-0.25, -0.2) is 0 Å². The normalized spacial score (nSPS) is 12.7. The van der Waals surface area contributed by atoms with E-state index in [-0.39, 0.29) is 11.8 Å². The van der Waals surface area contributed by atoms with E-state index in [0.717, 1.165) is 31.5 Å². The summed E-state index contributed by atoms with van der Waals surface area (Å²) >= 11 is 0. The Hall–Kier alpha value is -1.35. The molecular formula is C15H24N2O. The summed E-state index contributed by atoms with van der Waals surface area (Å²) in [7, 11) is 0. The minimum atomic E-state index is -0.0616. The first-order valence-corrected chi connectivity index (χ1v) is 6.74. The third-order valence-electron chi connectivity index (χ3n) is 3.14. The molecule has 0 heterocycles. The first-order chi connectivity index (χ1) is 8.60. The van der Waals surface area contributed by atoms with E-state index in [4.69, 9.17) is 5.73 Å². The van der Waals surface area contributed by atoms with Crippen molar-refractivity contribution in [2.45, 2.75) is 39.7 Å². The van der Waals surface area contributed by atoms with Crippen LogP contribution in [0.25, 0.3) is 0 Å². The highest BCUT2D eigenvalue weighted by Crippen LogP contribution is 2.12. The quantitative estimate of drug-likeness (QED) is 0.596. The minimum Gasteiger partial charge on any atom is -0.399 e. The van der Waals surface area contributed by atoms with Crippen molar-refractivity contribution in [3.63, 3.8) is 0 Å². The average molecular weight is 248 g/mol. The molecule has 1 aromatic rings. The maximum absolute atomic E-state index is 12.4. The largest absolute Gasteiger partial charge is 0.399 e. The van der Waals surface area contributed by atoms with Crippen molar-refractivity contribution >= 4 is 11.5 Å². The molecule has 0 bridgehead atoms. The molecule has 0 saturated heterocycles. The molecule has 18 heavy (non-hydrogen) atoms. The Morgan fingerprint density at radius 2 is 1.67 bits per heavy atom. The van der Waals surface area contributed by atoms with Crippen LogP contribution in [0.1, 0.15) is 44.0 Å². The Morgan fingerprint density at radius 3 is 2.11 bits per heavy atom. The van der Waals surface area contributed by atoms with E-state index in [1.165, 1.54) is 0 Å². The van der Waals surface area contributed by atoms with Gasteiger partial charge in [0.25, 0.3) is 0 Å². The summed E-state index contributed by atoms with van der Waals surface area (Å²) in [5, 5.41) is 0. The van der Waals surface area contributed by atoms with Gasteiger partial charge in [0.1, 0.15) is 0 Å². The van der Waals surface area contributed by atoms with Gasteiger partial charge in [-0.3, -0.25) is 9.69 Å². The minimum absolute atomic E-state index is 0.0616. The summed E-state index contributed by atoms with van der Waals surface area (Å²) in [6.45, 7) is 8.21.